The van der Waals surface area contributed by atoms with Crippen LogP contribution >= 0.6 is 0 Å². The van der Waals surface area contributed by atoms with Gasteiger partial charge in [-0.1, -0.05) is 12.1 Å². The Morgan fingerprint density at radius 1 is 1.10 bits per heavy atom. The topological polar surface area (TPSA) is 12.5 Å². The molecule has 0 radical (unpaired) electrons. The molecule has 1 atom stereocenters. The molecule has 1 aliphatic rings. The van der Waals surface area contributed by atoms with Crippen molar-refractivity contribution in [1.82, 2.24) is 0 Å². The van der Waals surface area contributed by atoms with Crippen LogP contribution < -0.4 is 9.64 Å². The van der Waals surface area contributed by atoms with Crippen LogP contribution in [0.3, 0.4) is 0 Å². The fraction of sp³-hybridized carbons (Fsp3) is 0.333. The van der Waals surface area contributed by atoms with Crippen LogP contribution in [0.4, 0.5) is 10.1 Å². The van der Waals surface area contributed by atoms with Crippen molar-refractivity contribution in [2.24, 2.45) is 0 Å². The third-order valence-electron chi connectivity index (χ3n) is 4.17. The molecule has 0 amide bonds. The van der Waals surface area contributed by atoms with Crippen LogP contribution in [0.25, 0.3) is 0 Å². The van der Waals surface area contributed by atoms with E-state index in [1.807, 2.05) is 24.3 Å². The second kappa shape index (κ2) is 6.17. The van der Waals surface area contributed by atoms with Crippen molar-refractivity contribution in [3.63, 3.8) is 0 Å². The molecular formula is C18H20FNO. The van der Waals surface area contributed by atoms with Gasteiger partial charge >= 0.3 is 0 Å². The number of rotatable bonds is 4. The molecular weight excluding hydrogens is 265 g/mol. The van der Waals surface area contributed by atoms with Crippen LogP contribution in [-0.2, 0) is 6.42 Å². The molecule has 1 fully saturated rings. The van der Waals surface area contributed by atoms with Gasteiger partial charge in [0.2, 0.25) is 0 Å². The zero-order chi connectivity index (χ0) is 14.7. The van der Waals surface area contributed by atoms with Crippen molar-refractivity contribution in [2.75, 3.05) is 18.6 Å². The number of halogens is 1. The normalized spacial score (nSPS) is 18.0. The maximum absolute atomic E-state index is 13.1. The lowest BCUT2D eigenvalue weighted by atomic mass is 10.0. The molecule has 2 aromatic rings. The van der Waals surface area contributed by atoms with Crippen molar-refractivity contribution in [1.29, 1.82) is 0 Å². The number of anilines is 1. The summed E-state index contributed by atoms with van der Waals surface area (Å²) in [7, 11) is 1.68. The molecule has 0 saturated carbocycles. The minimum atomic E-state index is -0.176. The number of benzene rings is 2. The molecule has 21 heavy (non-hydrogen) atoms. The Kier molecular flexibility index (Phi) is 4.09. The van der Waals surface area contributed by atoms with E-state index in [4.69, 9.17) is 4.74 Å². The van der Waals surface area contributed by atoms with E-state index in [1.54, 1.807) is 7.11 Å². The number of ether oxygens (including phenoxy) is 1. The smallest absolute Gasteiger partial charge is 0.123 e. The molecule has 2 nitrogen and oxygen atoms in total. The summed E-state index contributed by atoms with van der Waals surface area (Å²) in [4.78, 5) is 2.39. The highest BCUT2D eigenvalue weighted by Gasteiger charge is 2.24. The predicted molar refractivity (Wildman–Crippen MR) is 83.5 cm³/mol. The van der Waals surface area contributed by atoms with Crippen LogP contribution in [0.2, 0.25) is 0 Å². The van der Waals surface area contributed by atoms with Gasteiger partial charge < -0.3 is 9.64 Å². The lowest BCUT2D eigenvalue weighted by Gasteiger charge is -2.27. The van der Waals surface area contributed by atoms with Gasteiger partial charge in [0.15, 0.2) is 0 Å². The van der Waals surface area contributed by atoms with Crippen LogP contribution in [0, 0.1) is 5.82 Å². The average molecular weight is 285 g/mol. The maximum atomic E-state index is 13.1. The average Bonchev–Trinajstić information content (AvgIpc) is 2.97. The molecule has 0 bridgehead atoms. The molecule has 1 saturated heterocycles. The van der Waals surface area contributed by atoms with Gasteiger partial charge in [0.1, 0.15) is 11.6 Å². The summed E-state index contributed by atoms with van der Waals surface area (Å²) in [6, 6.07) is 15.6. The van der Waals surface area contributed by atoms with Crippen molar-refractivity contribution in [2.45, 2.75) is 25.3 Å². The minimum Gasteiger partial charge on any atom is -0.497 e. The highest BCUT2D eigenvalue weighted by Crippen LogP contribution is 2.28. The minimum absolute atomic E-state index is 0.176. The first-order valence-electron chi connectivity index (χ1n) is 7.41. The molecule has 1 heterocycles. The fourth-order valence-corrected chi connectivity index (χ4v) is 3.05. The number of nitrogens with zero attached hydrogens (tertiary/aromatic N) is 1. The Balaban J connectivity index is 1.72. The fourth-order valence-electron chi connectivity index (χ4n) is 3.05. The van der Waals surface area contributed by atoms with Gasteiger partial charge in [-0.05, 0) is 61.2 Å². The number of hydrogen-bond acceptors (Lipinski definition) is 2. The van der Waals surface area contributed by atoms with E-state index in [2.05, 4.69) is 17.0 Å². The Labute approximate surface area is 125 Å². The standard InChI is InChI=1S/C18H20FNO/c1-21-18-10-4-14(5-11-18)13-17-3-2-12-20(17)16-8-6-15(19)7-9-16/h4-11,17H,2-3,12-13H2,1H3. The Morgan fingerprint density at radius 2 is 1.81 bits per heavy atom. The summed E-state index contributed by atoms with van der Waals surface area (Å²) in [6.45, 7) is 1.05. The zero-order valence-corrected chi connectivity index (χ0v) is 12.3. The summed E-state index contributed by atoms with van der Waals surface area (Å²) in [5, 5.41) is 0. The highest BCUT2D eigenvalue weighted by atomic mass is 19.1. The van der Waals surface area contributed by atoms with Crippen molar-refractivity contribution < 1.29 is 9.13 Å². The summed E-state index contributed by atoms with van der Waals surface area (Å²) < 4.78 is 18.3. The van der Waals surface area contributed by atoms with Crippen molar-refractivity contribution in [3.05, 3.63) is 59.9 Å². The summed E-state index contributed by atoms with van der Waals surface area (Å²) in [6.07, 6.45) is 3.39. The van der Waals surface area contributed by atoms with E-state index in [0.717, 1.165) is 24.4 Å². The van der Waals surface area contributed by atoms with Crippen LogP contribution in [0.15, 0.2) is 48.5 Å². The van der Waals surface area contributed by atoms with E-state index >= 15 is 0 Å². The van der Waals surface area contributed by atoms with E-state index in [-0.39, 0.29) is 5.82 Å². The Bertz CT molecular complexity index is 579. The largest absolute Gasteiger partial charge is 0.497 e. The van der Waals surface area contributed by atoms with E-state index in [1.165, 1.54) is 30.5 Å². The Hall–Kier alpha value is -2.03. The molecule has 0 aliphatic carbocycles. The van der Waals surface area contributed by atoms with Gasteiger partial charge in [-0.25, -0.2) is 4.39 Å². The van der Waals surface area contributed by atoms with Crippen molar-refractivity contribution in [3.8, 4) is 5.75 Å². The Morgan fingerprint density at radius 3 is 2.48 bits per heavy atom. The number of hydrogen-bond donors (Lipinski definition) is 0. The summed E-state index contributed by atoms with van der Waals surface area (Å²) >= 11 is 0. The summed E-state index contributed by atoms with van der Waals surface area (Å²) in [5.41, 5.74) is 2.43. The van der Waals surface area contributed by atoms with Crippen LogP contribution in [0.1, 0.15) is 18.4 Å². The van der Waals surface area contributed by atoms with Gasteiger partial charge in [0.05, 0.1) is 7.11 Å². The maximum Gasteiger partial charge on any atom is 0.123 e. The van der Waals surface area contributed by atoms with Crippen LogP contribution in [-0.4, -0.2) is 19.7 Å². The van der Waals surface area contributed by atoms with Gasteiger partial charge in [-0.2, -0.15) is 0 Å². The van der Waals surface area contributed by atoms with E-state index < -0.39 is 0 Å². The lowest BCUT2D eigenvalue weighted by molar-refractivity contribution is 0.414. The molecule has 0 spiro atoms. The second-order valence-electron chi connectivity index (χ2n) is 5.52. The van der Waals surface area contributed by atoms with Crippen molar-refractivity contribution >= 4 is 5.69 Å². The number of methoxy groups -OCH3 is 1. The third-order valence-corrected chi connectivity index (χ3v) is 4.17. The predicted octanol–water partition coefficient (Wildman–Crippen LogP) is 4.05. The first-order valence-corrected chi connectivity index (χ1v) is 7.41. The summed E-state index contributed by atoms with van der Waals surface area (Å²) in [5.74, 6) is 0.713. The lowest BCUT2D eigenvalue weighted by Crippen LogP contribution is -2.30. The van der Waals surface area contributed by atoms with Gasteiger partial charge in [0.25, 0.3) is 0 Å². The monoisotopic (exact) mass is 285 g/mol. The van der Waals surface area contributed by atoms with E-state index in [0.29, 0.717) is 6.04 Å². The van der Waals surface area contributed by atoms with Gasteiger partial charge in [0, 0.05) is 18.3 Å². The first-order chi connectivity index (χ1) is 10.3. The highest BCUT2D eigenvalue weighted by molar-refractivity contribution is 5.48. The van der Waals surface area contributed by atoms with E-state index in [9.17, 15) is 4.39 Å². The van der Waals surface area contributed by atoms with Crippen LogP contribution in [0.5, 0.6) is 5.75 Å². The molecule has 3 heteroatoms. The van der Waals surface area contributed by atoms with Gasteiger partial charge in [-0.3, -0.25) is 0 Å². The SMILES string of the molecule is COc1ccc(CC2CCCN2c2ccc(F)cc2)cc1. The molecule has 3 rings (SSSR count). The molecule has 2 aromatic carbocycles. The molecule has 0 aromatic heterocycles. The second-order valence-corrected chi connectivity index (χ2v) is 5.52. The molecule has 110 valence electrons. The third kappa shape index (κ3) is 3.18. The zero-order valence-electron chi connectivity index (χ0n) is 12.3. The quantitative estimate of drug-likeness (QED) is 0.840. The van der Waals surface area contributed by atoms with Gasteiger partial charge in [-0.15, -0.1) is 0 Å². The molecule has 1 unspecified atom stereocenters. The molecule has 1 aliphatic heterocycles. The molecule has 0 N–H and O–H groups in total. The first kappa shape index (κ1) is 13.9.